The Morgan fingerprint density at radius 2 is 2.15 bits per heavy atom. The second-order valence-electron chi connectivity index (χ2n) is 4.18. The molecule has 13 heavy (non-hydrogen) atoms. The van der Waals surface area contributed by atoms with Gasteiger partial charge in [-0.05, 0) is 33.6 Å². The van der Waals surface area contributed by atoms with Crippen molar-refractivity contribution < 1.29 is 8.95 Å². The topological polar surface area (TPSA) is 38.7 Å². The first kappa shape index (κ1) is 10.9. The quantitative estimate of drug-likeness (QED) is 0.652. The zero-order valence-corrected chi connectivity index (χ0v) is 9.26. The zero-order valence-electron chi connectivity index (χ0n) is 8.45. The molecule has 0 aromatic heterocycles. The van der Waals surface area contributed by atoms with Crippen LogP contribution in [0.5, 0.6) is 0 Å². The molecule has 0 saturated heterocycles. The molecule has 0 bridgehead atoms. The summed E-state index contributed by atoms with van der Waals surface area (Å²) < 4.78 is 20.4. The highest BCUT2D eigenvalue weighted by molar-refractivity contribution is 7.85. The standard InChI is InChI=1S/C9H17NO2S/c1-9(2,3)13(11)10-6-7-12-8-4-5-8/h6,8H,4-5,7H2,1-3H3/b10-6+/t13-/m1/s1. The Morgan fingerprint density at radius 1 is 1.54 bits per heavy atom. The molecule has 1 aliphatic rings. The van der Waals surface area contributed by atoms with E-state index in [1.807, 2.05) is 20.8 Å². The van der Waals surface area contributed by atoms with Gasteiger partial charge in [-0.15, -0.1) is 0 Å². The fourth-order valence-electron chi connectivity index (χ4n) is 0.670. The zero-order chi connectivity index (χ0) is 9.90. The van der Waals surface area contributed by atoms with Crippen molar-refractivity contribution in [3.8, 4) is 0 Å². The van der Waals surface area contributed by atoms with Crippen LogP contribution in [-0.4, -0.2) is 27.9 Å². The highest BCUT2D eigenvalue weighted by Crippen LogP contribution is 2.22. The van der Waals surface area contributed by atoms with Gasteiger partial charge in [-0.3, -0.25) is 0 Å². The first-order valence-corrected chi connectivity index (χ1v) is 5.67. The Balaban J connectivity index is 2.18. The van der Waals surface area contributed by atoms with Crippen LogP contribution >= 0.6 is 0 Å². The van der Waals surface area contributed by atoms with E-state index in [2.05, 4.69) is 4.40 Å². The fraction of sp³-hybridized carbons (Fsp3) is 0.889. The van der Waals surface area contributed by atoms with Gasteiger partial charge in [0.1, 0.15) is 11.0 Å². The molecule has 0 heterocycles. The molecule has 0 aliphatic heterocycles. The predicted octanol–water partition coefficient (Wildman–Crippen LogP) is 1.70. The van der Waals surface area contributed by atoms with Gasteiger partial charge in [-0.2, -0.15) is 4.40 Å². The molecular formula is C9H17NO2S. The third-order valence-electron chi connectivity index (χ3n) is 1.62. The van der Waals surface area contributed by atoms with Crippen LogP contribution in [0.25, 0.3) is 0 Å². The third-order valence-corrected chi connectivity index (χ3v) is 3.01. The van der Waals surface area contributed by atoms with Gasteiger partial charge < -0.3 is 4.74 Å². The van der Waals surface area contributed by atoms with E-state index in [0.29, 0.717) is 12.7 Å². The van der Waals surface area contributed by atoms with Crippen LogP contribution in [0.4, 0.5) is 0 Å². The van der Waals surface area contributed by atoms with Crippen LogP contribution in [0.2, 0.25) is 0 Å². The number of nitrogens with zero attached hydrogens (tertiary/aromatic N) is 1. The third kappa shape index (κ3) is 4.52. The maximum atomic E-state index is 11.4. The predicted molar refractivity (Wildman–Crippen MR) is 55.4 cm³/mol. The van der Waals surface area contributed by atoms with Crippen molar-refractivity contribution in [2.24, 2.45) is 4.40 Å². The minimum atomic E-state index is -1.14. The van der Waals surface area contributed by atoms with Gasteiger partial charge >= 0.3 is 0 Å². The van der Waals surface area contributed by atoms with Crippen molar-refractivity contribution in [2.45, 2.75) is 44.5 Å². The molecule has 0 amide bonds. The number of ether oxygens (including phenoxy) is 1. The highest BCUT2D eigenvalue weighted by atomic mass is 32.2. The lowest BCUT2D eigenvalue weighted by Gasteiger charge is -2.12. The van der Waals surface area contributed by atoms with E-state index in [0.717, 1.165) is 12.8 Å². The Morgan fingerprint density at radius 3 is 2.62 bits per heavy atom. The summed E-state index contributed by atoms with van der Waals surface area (Å²) in [6.45, 7) is 6.21. The van der Waals surface area contributed by atoms with E-state index < -0.39 is 11.0 Å². The van der Waals surface area contributed by atoms with E-state index in [1.54, 1.807) is 6.21 Å². The Kier molecular flexibility index (Phi) is 3.62. The van der Waals surface area contributed by atoms with Crippen molar-refractivity contribution in [1.29, 1.82) is 0 Å². The molecule has 1 atom stereocenters. The minimum Gasteiger partial charge on any atom is -0.373 e. The molecule has 1 rings (SSSR count). The first-order valence-electron chi connectivity index (χ1n) is 4.56. The van der Waals surface area contributed by atoms with E-state index in [1.165, 1.54) is 0 Å². The molecule has 3 nitrogen and oxygen atoms in total. The van der Waals surface area contributed by atoms with Crippen molar-refractivity contribution >= 4 is 17.2 Å². The maximum absolute atomic E-state index is 11.4. The van der Waals surface area contributed by atoms with Gasteiger partial charge in [0, 0.05) is 6.21 Å². The van der Waals surface area contributed by atoms with Crippen LogP contribution in [-0.2, 0) is 15.7 Å². The first-order chi connectivity index (χ1) is 6.00. The summed E-state index contributed by atoms with van der Waals surface area (Å²) in [6, 6.07) is 0. The van der Waals surface area contributed by atoms with E-state index in [4.69, 9.17) is 4.74 Å². The van der Waals surface area contributed by atoms with Gasteiger partial charge in [0.2, 0.25) is 0 Å². The van der Waals surface area contributed by atoms with Crippen LogP contribution in [0.3, 0.4) is 0 Å². The monoisotopic (exact) mass is 203 g/mol. The van der Waals surface area contributed by atoms with Crippen LogP contribution in [0.1, 0.15) is 33.6 Å². The van der Waals surface area contributed by atoms with Crippen LogP contribution < -0.4 is 0 Å². The summed E-state index contributed by atoms with van der Waals surface area (Å²) in [5, 5.41) is 0. The lowest BCUT2D eigenvalue weighted by Crippen LogP contribution is -2.19. The number of rotatable bonds is 4. The molecule has 0 unspecified atom stereocenters. The average molecular weight is 203 g/mol. The molecule has 0 aromatic carbocycles. The molecule has 1 aliphatic carbocycles. The molecule has 0 N–H and O–H groups in total. The van der Waals surface area contributed by atoms with Crippen LogP contribution in [0, 0.1) is 0 Å². The lowest BCUT2D eigenvalue weighted by molar-refractivity contribution is 0.159. The smallest absolute Gasteiger partial charge is 0.144 e. The number of hydrogen-bond donors (Lipinski definition) is 0. The summed E-state index contributed by atoms with van der Waals surface area (Å²) in [5.74, 6) is 0. The van der Waals surface area contributed by atoms with E-state index in [9.17, 15) is 4.21 Å². The summed E-state index contributed by atoms with van der Waals surface area (Å²) in [7, 11) is -1.14. The molecule has 0 spiro atoms. The van der Waals surface area contributed by atoms with Crippen LogP contribution in [0.15, 0.2) is 4.40 Å². The Labute approximate surface area is 82.2 Å². The summed E-state index contributed by atoms with van der Waals surface area (Å²) in [5.41, 5.74) is 0. The van der Waals surface area contributed by atoms with Gasteiger partial charge in [0.25, 0.3) is 0 Å². The molecule has 1 saturated carbocycles. The van der Waals surface area contributed by atoms with Crippen molar-refractivity contribution in [3.63, 3.8) is 0 Å². The van der Waals surface area contributed by atoms with Gasteiger partial charge in [-0.1, -0.05) is 0 Å². The van der Waals surface area contributed by atoms with Gasteiger partial charge in [0.15, 0.2) is 0 Å². The molecular weight excluding hydrogens is 186 g/mol. The Bertz CT molecular complexity index is 216. The molecule has 76 valence electrons. The highest BCUT2D eigenvalue weighted by Gasteiger charge is 2.21. The molecule has 4 heteroatoms. The summed E-state index contributed by atoms with van der Waals surface area (Å²) >= 11 is 0. The minimum absolute atomic E-state index is 0.268. The molecule has 0 radical (unpaired) electrons. The second-order valence-corrected chi connectivity index (χ2v) is 6.12. The van der Waals surface area contributed by atoms with Gasteiger partial charge in [-0.25, -0.2) is 4.21 Å². The second kappa shape index (κ2) is 4.33. The largest absolute Gasteiger partial charge is 0.373 e. The maximum Gasteiger partial charge on any atom is 0.144 e. The molecule has 0 aromatic rings. The summed E-state index contributed by atoms with van der Waals surface area (Å²) in [6.07, 6.45) is 4.38. The van der Waals surface area contributed by atoms with Crippen molar-refractivity contribution in [2.75, 3.05) is 6.61 Å². The SMILES string of the molecule is CC(C)(C)[S@@](=O)/N=C/COC1CC1. The summed E-state index contributed by atoms with van der Waals surface area (Å²) in [4.78, 5) is 0. The number of hydrogen-bond acceptors (Lipinski definition) is 2. The van der Waals surface area contributed by atoms with Crippen molar-refractivity contribution in [1.82, 2.24) is 0 Å². The van der Waals surface area contributed by atoms with E-state index in [-0.39, 0.29) is 4.75 Å². The Hall–Kier alpha value is -0.220. The fourth-order valence-corrected chi connectivity index (χ4v) is 1.18. The van der Waals surface area contributed by atoms with Crippen molar-refractivity contribution in [3.05, 3.63) is 0 Å². The molecule has 1 fully saturated rings. The normalized spacial score (nSPS) is 20.8. The van der Waals surface area contributed by atoms with E-state index >= 15 is 0 Å². The average Bonchev–Trinajstić information content (AvgIpc) is 2.79. The lowest BCUT2D eigenvalue weighted by atomic mass is 10.3. The van der Waals surface area contributed by atoms with Gasteiger partial charge in [0.05, 0.1) is 17.5 Å².